The highest BCUT2D eigenvalue weighted by Gasteiger charge is 2.24. The Kier molecular flexibility index (Phi) is 14.2. The summed E-state index contributed by atoms with van der Waals surface area (Å²) in [6.45, 7) is 16.7. The van der Waals surface area contributed by atoms with Gasteiger partial charge in [0.2, 0.25) is 0 Å². The summed E-state index contributed by atoms with van der Waals surface area (Å²) in [6, 6.07) is 0.255. The molecule has 2 atom stereocenters. The lowest BCUT2D eigenvalue weighted by Crippen LogP contribution is -2.47. The minimum absolute atomic E-state index is 0.255. The second-order valence-electron chi connectivity index (χ2n) is 7.19. The van der Waals surface area contributed by atoms with Crippen molar-refractivity contribution in [2.45, 2.75) is 92.9 Å². The van der Waals surface area contributed by atoms with Crippen molar-refractivity contribution >= 4 is 6.03 Å². The summed E-state index contributed by atoms with van der Waals surface area (Å²) in [7, 11) is 0. The predicted molar refractivity (Wildman–Crippen MR) is 107 cm³/mol. The maximum absolute atomic E-state index is 13.0. The largest absolute Gasteiger partial charge is 0.325 e. The zero-order chi connectivity index (χ0) is 18.4. The minimum Gasteiger partial charge on any atom is -0.325 e. The van der Waals surface area contributed by atoms with Crippen LogP contribution in [-0.2, 0) is 0 Å². The first kappa shape index (κ1) is 23.3. The molecule has 2 amide bonds. The third-order valence-electron chi connectivity index (χ3n) is 5.35. The van der Waals surface area contributed by atoms with Gasteiger partial charge in [0.25, 0.3) is 0 Å². The molecule has 0 aromatic carbocycles. The molecule has 0 fully saturated rings. The molecule has 0 aliphatic rings. The number of amides is 2. The molecule has 0 aromatic heterocycles. The minimum atomic E-state index is 0.255. The molecule has 0 N–H and O–H groups in total. The number of hydrogen-bond acceptors (Lipinski definition) is 1. The second-order valence-corrected chi connectivity index (χ2v) is 7.19. The zero-order valence-corrected chi connectivity index (χ0v) is 17.4. The van der Waals surface area contributed by atoms with E-state index in [1.807, 2.05) is 4.90 Å². The lowest BCUT2D eigenvalue weighted by atomic mass is 9.96. The zero-order valence-electron chi connectivity index (χ0n) is 17.4. The maximum Gasteiger partial charge on any atom is 0.319 e. The van der Waals surface area contributed by atoms with Gasteiger partial charge in [-0.05, 0) is 38.5 Å². The van der Waals surface area contributed by atoms with Crippen LogP contribution in [0.3, 0.4) is 0 Å². The summed E-state index contributed by atoms with van der Waals surface area (Å²) in [5, 5.41) is 0. The Balaban J connectivity index is 5.00. The molecule has 0 heterocycles. The van der Waals surface area contributed by atoms with Crippen molar-refractivity contribution in [2.24, 2.45) is 11.8 Å². The summed E-state index contributed by atoms with van der Waals surface area (Å²) >= 11 is 0. The predicted octanol–water partition coefficient (Wildman–Crippen LogP) is 6.18. The van der Waals surface area contributed by atoms with E-state index in [2.05, 4.69) is 46.4 Å². The lowest BCUT2D eigenvalue weighted by Gasteiger charge is -2.34. The van der Waals surface area contributed by atoms with Gasteiger partial charge >= 0.3 is 6.03 Å². The number of carbonyl (C=O) groups excluding carboxylic acids is 1. The van der Waals surface area contributed by atoms with Crippen LogP contribution in [0.4, 0.5) is 4.79 Å². The molecule has 0 radical (unpaired) electrons. The topological polar surface area (TPSA) is 23.6 Å². The van der Waals surface area contributed by atoms with Gasteiger partial charge in [0.1, 0.15) is 0 Å². The van der Waals surface area contributed by atoms with Gasteiger partial charge in [0, 0.05) is 26.2 Å². The standard InChI is InChI=1S/C21H44N2O/c1-7-13-15-19(9-3)17-23(21(24)22(11-5)12-6)18-20(10-4)16-14-8-2/h19-20H,7-18H2,1-6H3. The number of nitrogens with zero attached hydrogens (tertiary/aromatic N) is 2. The van der Waals surface area contributed by atoms with Gasteiger partial charge in [0.05, 0.1) is 0 Å². The third kappa shape index (κ3) is 8.94. The summed E-state index contributed by atoms with van der Waals surface area (Å²) in [6.07, 6.45) is 9.89. The van der Waals surface area contributed by atoms with Crippen molar-refractivity contribution in [3.63, 3.8) is 0 Å². The van der Waals surface area contributed by atoms with E-state index in [-0.39, 0.29) is 6.03 Å². The number of urea groups is 1. The SMILES string of the molecule is CCCCC(CC)CN(CC(CC)CCCC)C(=O)N(CC)CC. The highest BCUT2D eigenvalue weighted by Crippen LogP contribution is 2.20. The molecule has 0 saturated carbocycles. The van der Waals surface area contributed by atoms with Crippen LogP contribution >= 0.6 is 0 Å². The van der Waals surface area contributed by atoms with Crippen LogP contribution < -0.4 is 0 Å². The Morgan fingerprint density at radius 3 is 1.42 bits per heavy atom. The van der Waals surface area contributed by atoms with Crippen molar-refractivity contribution in [3.05, 3.63) is 0 Å². The number of carbonyl (C=O) groups is 1. The first-order valence-electron chi connectivity index (χ1n) is 10.6. The lowest BCUT2D eigenvalue weighted by molar-refractivity contribution is 0.134. The van der Waals surface area contributed by atoms with E-state index in [9.17, 15) is 4.79 Å². The van der Waals surface area contributed by atoms with E-state index in [4.69, 9.17) is 0 Å². The molecular formula is C21H44N2O. The van der Waals surface area contributed by atoms with Gasteiger partial charge in [0.15, 0.2) is 0 Å². The number of hydrogen-bond donors (Lipinski definition) is 0. The molecule has 0 aliphatic heterocycles. The summed E-state index contributed by atoms with van der Waals surface area (Å²) < 4.78 is 0. The van der Waals surface area contributed by atoms with Gasteiger partial charge in [-0.25, -0.2) is 4.79 Å². The van der Waals surface area contributed by atoms with Crippen LogP contribution in [0, 0.1) is 11.8 Å². The van der Waals surface area contributed by atoms with Crippen molar-refractivity contribution < 1.29 is 4.79 Å². The average Bonchev–Trinajstić information content (AvgIpc) is 2.61. The van der Waals surface area contributed by atoms with Crippen LogP contribution in [-0.4, -0.2) is 42.0 Å². The van der Waals surface area contributed by atoms with Crippen molar-refractivity contribution in [1.29, 1.82) is 0 Å². The molecule has 24 heavy (non-hydrogen) atoms. The highest BCUT2D eigenvalue weighted by molar-refractivity contribution is 5.74. The third-order valence-corrected chi connectivity index (χ3v) is 5.35. The highest BCUT2D eigenvalue weighted by atomic mass is 16.2. The van der Waals surface area contributed by atoms with Crippen LogP contribution in [0.25, 0.3) is 0 Å². The molecule has 0 aliphatic carbocycles. The molecule has 144 valence electrons. The Labute approximate surface area is 152 Å². The number of unbranched alkanes of at least 4 members (excludes halogenated alkanes) is 2. The quantitative estimate of drug-likeness (QED) is 0.370. The second kappa shape index (κ2) is 14.6. The van der Waals surface area contributed by atoms with Gasteiger partial charge in [-0.15, -0.1) is 0 Å². The van der Waals surface area contributed by atoms with Crippen molar-refractivity contribution in [1.82, 2.24) is 9.80 Å². The van der Waals surface area contributed by atoms with E-state index in [0.717, 1.165) is 26.2 Å². The van der Waals surface area contributed by atoms with Crippen LogP contribution in [0.15, 0.2) is 0 Å². The fourth-order valence-corrected chi connectivity index (χ4v) is 3.38. The van der Waals surface area contributed by atoms with Gasteiger partial charge < -0.3 is 9.80 Å². The van der Waals surface area contributed by atoms with Crippen molar-refractivity contribution in [3.8, 4) is 0 Å². The maximum atomic E-state index is 13.0. The molecule has 0 spiro atoms. The van der Waals surface area contributed by atoms with E-state index < -0.39 is 0 Å². The van der Waals surface area contributed by atoms with Crippen LogP contribution in [0.5, 0.6) is 0 Å². The smallest absolute Gasteiger partial charge is 0.319 e. The fourth-order valence-electron chi connectivity index (χ4n) is 3.38. The molecule has 3 nitrogen and oxygen atoms in total. The van der Waals surface area contributed by atoms with Gasteiger partial charge in [-0.1, -0.05) is 66.2 Å². The molecule has 0 saturated heterocycles. The Bertz CT molecular complexity index is 284. The Hall–Kier alpha value is -0.730. The summed E-state index contributed by atoms with van der Waals surface area (Å²) in [5.74, 6) is 1.29. The van der Waals surface area contributed by atoms with E-state index in [0.29, 0.717) is 11.8 Å². The fraction of sp³-hybridized carbons (Fsp3) is 0.952. The van der Waals surface area contributed by atoms with Crippen molar-refractivity contribution in [2.75, 3.05) is 26.2 Å². The van der Waals surface area contributed by atoms with Crippen LogP contribution in [0.2, 0.25) is 0 Å². The first-order chi connectivity index (χ1) is 11.6. The number of rotatable bonds is 14. The molecule has 0 rings (SSSR count). The Morgan fingerprint density at radius 1 is 0.708 bits per heavy atom. The van der Waals surface area contributed by atoms with Crippen LogP contribution in [0.1, 0.15) is 92.9 Å². The molecule has 0 bridgehead atoms. The van der Waals surface area contributed by atoms with Gasteiger partial charge in [-0.3, -0.25) is 0 Å². The van der Waals surface area contributed by atoms with Gasteiger partial charge in [-0.2, -0.15) is 0 Å². The Morgan fingerprint density at radius 2 is 1.12 bits per heavy atom. The monoisotopic (exact) mass is 340 g/mol. The average molecular weight is 341 g/mol. The first-order valence-corrected chi connectivity index (χ1v) is 10.6. The summed E-state index contributed by atoms with van der Waals surface area (Å²) in [4.78, 5) is 17.2. The summed E-state index contributed by atoms with van der Waals surface area (Å²) in [5.41, 5.74) is 0. The van der Waals surface area contributed by atoms with E-state index >= 15 is 0 Å². The molecule has 2 unspecified atom stereocenters. The molecule has 0 aromatic rings. The molecular weight excluding hydrogens is 296 g/mol. The van der Waals surface area contributed by atoms with E-state index in [1.54, 1.807) is 0 Å². The molecule has 3 heteroatoms. The normalized spacial score (nSPS) is 13.6. The van der Waals surface area contributed by atoms with E-state index in [1.165, 1.54) is 51.4 Å².